The summed E-state index contributed by atoms with van der Waals surface area (Å²) < 4.78 is 0. The molecule has 0 aromatic carbocycles. The van der Waals surface area contributed by atoms with Crippen molar-refractivity contribution in [3.05, 3.63) is 0 Å². The Balaban J connectivity index is 2.10. The minimum Gasteiger partial charge on any atom is -0.356 e. The van der Waals surface area contributed by atoms with Crippen molar-refractivity contribution in [2.45, 2.75) is 32.6 Å². The summed E-state index contributed by atoms with van der Waals surface area (Å²) in [5.74, 6) is 1.46. The summed E-state index contributed by atoms with van der Waals surface area (Å²) in [5.41, 5.74) is 0. The first kappa shape index (κ1) is 15.4. The number of piperidine rings is 1. The summed E-state index contributed by atoms with van der Waals surface area (Å²) >= 11 is 0. The van der Waals surface area contributed by atoms with E-state index in [0.717, 1.165) is 38.5 Å². The maximum absolute atomic E-state index is 11.8. The third-order valence-corrected chi connectivity index (χ3v) is 3.80. The Kier molecular flexibility index (Phi) is 7.28. The van der Waals surface area contributed by atoms with Gasteiger partial charge < -0.3 is 15.5 Å². The molecule has 1 fully saturated rings. The van der Waals surface area contributed by atoms with Crippen molar-refractivity contribution in [3.63, 3.8) is 0 Å². The van der Waals surface area contributed by atoms with Crippen molar-refractivity contribution < 1.29 is 4.79 Å². The Morgan fingerprint density at radius 2 is 2.06 bits per heavy atom. The minimum absolute atomic E-state index is 0.222. The Morgan fingerprint density at radius 1 is 1.39 bits per heavy atom. The van der Waals surface area contributed by atoms with Gasteiger partial charge in [-0.3, -0.25) is 4.79 Å². The van der Waals surface area contributed by atoms with Crippen LogP contribution in [0.1, 0.15) is 32.6 Å². The van der Waals surface area contributed by atoms with E-state index in [1.807, 2.05) is 0 Å². The predicted molar refractivity (Wildman–Crippen MR) is 75.6 cm³/mol. The molecule has 0 spiro atoms. The summed E-state index contributed by atoms with van der Waals surface area (Å²) in [6, 6.07) is 0. The SMILES string of the molecule is CC(CC(=O)NCCCN(C)C)C1CCNCC1. The molecule has 1 saturated heterocycles. The second-order valence-electron chi connectivity index (χ2n) is 5.78. The van der Waals surface area contributed by atoms with Gasteiger partial charge in [-0.2, -0.15) is 0 Å². The average Bonchev–Trinajstić information content (AvgIpc) is 2.35. The first-order valence-electron chi connectivity index (χ1n) is 7.21. The number of amides is 1. The van der Waals surface area contributed by atoms with Crippen LogP contribution in [-0.2, 0) is 4.79 Å². The fourth-order valence-corrected chi connectivity index (χ4v) is 2.57. The molecule has 1 heterocycles. The number of nitrogens with one attached hydrogen (secondary N) is 2. The fourth-order valence-electron chi connectivity index (χ4n) is 2.57. The molecule has 0 aromatic rings. The van der Waals surface area contributed by atoms with Crippen molar-refractivity contribution >= 4 is 5.91 Å². The lowest BCUT2D eigenvalue weighted by atomic mass is 9.84. The molecule has 1 rings (SSSR count). The molecule has 0 aliphatic carbocycles. The maximum atomic E-state index is 11.8. The van der Waals surface area contributed by atoms with Crippen LogP contribution in [0.3, 0.4) is 0 Å². The molecule has 1 aliphatic rings. The number of carbonyl (C=O) groups excluding carboxylic acids is 1. The zero-order valence-corrected chi connectivity index (χ0v) is 12.2. The lowest BCUT2D eigenvalue weighted by molar-refractivity contribution is -0.122. The van der Waals surface area contributed by atoms with Crippen LogP contribution in [0.5, 0.6) is 0 Å². The topological polar surface area (TPSA) is 44.4 Å². The molecule has 1 aliphatic heterocycles. The van der Waals surface area contributed by atoms with Gasteiger partial charge >= 0.3 is 0 Å². The Hall–Kier alpha value is -0.610. The molecular formula is C14H29N3O. The third-order valence-electron chi connectivity index (χ3n) is 3.80. The number of carbonyl (C=O) groups is 1. The van der Waals surface area contributed by atoms with Gasteiger partial charge in [0, 0.05) is 13.0 Å². The van der Waals surface area contributed by atoms with Gasteiger partial charge in [0.25, 0.3) is 0 Å². The highest BCUT2D eigenvalue weighted by atomic mass is 16.1. The Bertz CT molecular complexity index is 237. The molecule has 2 N–H and O–H groups in total. The first-order valence-corrected chi connectivity index (χ1v) is 7.21. The van der Waals surface area contributed by atoms with E-state index in [9.17, 15) is 4.79 Å². The van der Waals surface area contributed by atoms with Crippen LogP contribution < -0.4 is 10.6 Å². The van der Waals surface area contributed by atoms with Crippen LogP contribution in [0.15, 0.2) is 0 Å². The molecule has 0 radical (unpaired) electrons. The van der Waals surface area contributed by atoms with Crippen molar-refractivity contribution in [1.29, 1.82) is 0 Å². The highest BCUT2D eigenvalue weighted by Crippen LogP contribution is 2.23. The van der Waals surface area contributed by atoms with Crippen LogP contribution in [0.25, 0.3) is 0 Å². The minimum atomic E-state index is 0.222. The monoisotopic (exact) mass is 255 g/mol. The average molecular weight is 255 g/mol. The van der Waals surface area contributed by atoms with Gasteiger partial charge in [-0.1, -0.05) is 6.92 Å². The van der Waals surface area contributed by atoms with Gasteiger partial charge in [-0.25, -0.2) is 0 Å². The largest absolute Gasteiger partial charge is 0.356 e. The van der Waals surface area contributed by atoms with Crippen LogP contribution in [-0.4, -0.2) is 51.1 Å². The van der Waals surface area contributed by atoms with Crippen LogP contribution in [0.2, 0.25) is 0 Å². The zero-order valence-electron chi connectivity index (χ0n) is 12.2. The van der Waals surface area contributed by atoms with Gasteiger partial charge in [-0.15, -0.1) is 0 Å². The predicted octanol–water partition coefficient (Wildman–Crippen LogP) is 1.08. The van der Waals surface area contributed by atoms with Gasteiger partial charge in [0.1, 0.15) is 0 Å². The van der Waals surface area contributed by atoms with E-state index < -0.39 is 0 Å². The Labute approximate surface area is 111 Å². The molecule has 0 aromatic heterocycles. The van der Waals surface area contributed by atoms with Gasteiger partial charge in [-0.05, 0) is 64.8 Å². The Morgan fingerprint density at radius 3 is 2.67 bits per heavy atom. The molecule has 0 saturated carbocycles. The van der Waals surface area contributed by atoms with E-state index in [0.29, 0.717) is 12.3 Å². The lowest BCUT2D eigenvalue weighted by Crippen LogP contribution is -2.34. The van der Waals surface area contributed by atoms with Gasteiger partial charge in [0.05, 0.1) is 0 Å². The van der Waals surface area contributed by atoms with E-state index in [4.69, 9.17) is 0 Å². The zero-order chi connectivity index (χ0) is 13.4. The van der Waals surface area contributed by atoms with Gasteiger partial charge in [0.15, 0.2) is 0 Å². The van der Waals surface area contributed by atoms with E-state index in [2.05, 4.69) is 36.6 Å². The van der Waals surface area contributed by atoms with E-state index >= 15 is 0 Å². The smallest absolute Gasteiger partial charge is 0.220 e. The highest BCUT2D eigenvalue weighted by molar-refractivity contribution is 5.76. The summed E-state index contributed by atoms with van der Waals surface area (Å²) in [5, 5.41) is 6.40. The fraction of sp³-hybridized carbons (Fsp3) is 0.929. The van der Waals surface area contributed by atoms with E-state index in [-0.39, 0.29) is 5.91 Å². The molecule has 0 bridgehead atoms. The van der Waals surface area contributed by atoms with Crippen molar-refractivity contribution in [2.24, 2.45) is 11.8 Å². The second-order valence-corrected chi connectivity index (χ2v) is 5.78. The summed E-state index contributed by atoms with van der Waals surface area (Å²) in [4.78, 5) is 13.9. The van der Waals surface area contributed by atoms with Gasteiger partial charge in [0.2, 0.25) is 5.91 Å². The quantitative estimate of drug-likeness (QED) is 0.669. The molecule has 106 valence electrons. The summed E-state index contributed by atoms with van der Waals surface area (Å²) in [7, 11) is 4.11. The number of nitrogens with zero attached hydrogens (tertiary/aromatic N) is 1. The summed E-state index contributed by atoms with van der Waals surface area (Å²) in [6.45, 7) is 6.27. The van der Waals surface area contributed by atoms with Crippen LogP contribution >= 0.6 is 0 Å². The highest BCUT2D eigenvalue weighted by Gasteiger charge is 2.21. The number of hydrogen-bond donors (Lipinski definition) is 2. The third kappa shape index (κ3) is 6.36. The normalized spacial score (nSPS) is 18.9. The number of rotatable bonds is 7. The lowest BCUT2D eigenvalue weighted by Gasteiger charge is -2.27. The molecular weight excluding hydrogens is 226 g/mol. The number of hydrogen-bond acceptors (Lipinski definition) is 3. The first-order chi connectivity index (χ1) is 8.59. The van der Waals surface area contributed by atoms with Crippen molar-refractivity contribution in [1.82, 2.24) is 15.5 Å². The standard InChI is InChI=1S/C14H29N3O/c1-12(13-5-8-15-9-6-13)11-14(18)16-7-4-10-17(2)3/h12-13,15H,4-11H2,1-3H3,(H,16,18). The maximum Gasteiger partial charge on any atom is 0.220 e. The van der Waals surface area contributed by atoms with Crippen LogP contribution in [0, 0.1) is 11.8 Å². The van der Waals surface area contributed by atoms with Crippen LogP contribution in [0.4, 0.5) is 0 Å². The van der Waals surface area contributed by atoms with Crippen molar-refractivity contribution in [3.8, 4) is 0 Å². The molecule has 18 heavy (non-hydrogen) atoms. The molecule has 4 nitrogen and oxygen atoms in total. The summed E-state index contributed by atoms with van der Waals surface area (Å²) in [6.07, 6.45) is 4.15. The molecule has 1 atom stereocenters. The molecule has 1 unspecified atom stereocenters. The van der Waals surface area contributed by atoms with Crippen molar-refractivity contribution in [2.75, 3.05) is 40.3 Å². The van der Waals surface area contributed by atoms with E-state index in [1.165, 1.54) is 12.8 Å². The van der Waals surface area contributed by atoms with E-state index in [1.54, 1.807) is 0 Å². The second kappa shape index (κ2) is 8.48. The molecule has 4 heteroatoms. The molecule has 1 amide bonds.